The van der Waals surface area contributed by atoms with Crippen LogP contribution in [-0.4, -0.2) is 13.0 Å². The first kappa shape index (κ1) is 27.6. The van der Waals surface area contributed by atoms with Crippen molar-refractivity contribution >= 4 is 10.1 Å². The van der Waals surface area contributed by atoms with Gasteiger partial charge in [0.25, 0.3) is 10.1 Å². The zero-order valence-electron chi connectivity index (χ0n) is 18.1. The molecule has 0 fully saturated rings. The van der Waals surface area contributed by atoms with Crippen LogP contribution in [0.5, 0.6) is 17.2 Å². The molecule has 2 aromatic carbocycles. The van der Waals surface area contributed by atoms with E-state index in [4.69, 9.17) is 9.29 Å². The van der Waals surface area contributed by atoms with Crippen LogP contribution in [0.25, 0.3) is 0 Å². The minimum Gasteiger partial charge on any atom is -0.872 e. The number of hydrogen-bond donors (Lipinski definition) is 1. The molecule has 30 heavy (non-hydrogen) atoms. The van der Waals surface area contributed by atoms with Crippen LogP contribution in [0.2, 0.25) is 0 Å². The summed E-state index contributed by atoms with van der Waals surface area (Å²) in [5.41, 5.74) is 1.14. The summed E-state index contributed by atoms with van der Waals surface area (Å²) in [5.74, 6) is 0.0802. The molecule has 0 saturated carbocycles. The summed E-state index contributed by atoms with van der Waals surface area (Å²) < 4.78 is 37.3. The fourth-order valence-electron chi connectivity index (χ4n) is 3.29. The maximum absolute atomic E-state index is 11.7. The predicted molar refractivity (Wildman–Crippen MR) is 113 cm³/mol. The number of rotatable bonds is 13. The summed E-state index contributed by atoms with van der Waals surface area (Å²) in [6, 6.07) is 10.8. The largest absolute Gasteiger partial charge is 1.00 e. The summed E-state index contributed by atoms with van der Waals surface area (Å²) in [5, 5.41) is 11.7. The van der Waals surface area contributed by atoms with Gasteiger partial charge in [-0.25, -0.2) is 0 Å². The van der Waals surface area contributed by atoms with Crippen molar-refractivity contribution in [3.63, 3.8) is 0 Å². The van der Waals surface area contributed by atoms with Crippen LogP contribution in [0.4, 0.5) is 0 Å². The van der Waals surface area contributed by atoms with Gasteiger partial charge in [0, 0.05) is 6.07 Å². The molecule has 2 aromatic rings. The van der Waals surface area contributed by atoms with E-state index in [-0.39, 0.29) is 57.1 Å². The molecule has 0 aromatic heterocycles. The first-order chi connectivity index (χ1) is 13.9. The van der Waals surface area contributed by atoms with Crippen LogP contribution in [0.1, 0.15) is 70.3 Å². The van der Waals surface area contributed by atoms with Crippen LogP contribution in [0.15, 0.2) is 47.4 Å². The van der Waals surface area contributed by atoms with Crippen molar-refractivity contribution in [3.8, 4) is 17.2 Å². The third-order valence-electron chi connectivity index (χ3n) is 4.85. The van der Waals surface area contributed by atoms with Gasteiger partial charge in [-0.3, -0.25) is 4.55 Å². The molecule has 0 unspecified atom stereocenters. The second-order valence-electron chi connectivity index (χ2n) is 7.44. The topological polar surface area (TPSA) is 86.7 Å². The Morgan fingerprint density at radius 3 is 2.13 bits per heavy atom. The van der Waals surface area contributed by atoms with E-state index in [2.05, 4.69) is 6.92 Å². The Kier molecular flexibility index (Phi) is 13.5. The monoisotopic (exact) mass is 458 g/mol. The van der Waals surface area contributed by atoms with E-state index >= 15 is 0 Å². The third kappa shape index (κ3) is 10.8. The fourth-order valence-corrected chi connectivity index (χ4v) is 3.82. The summed E-state index contributed by atoms with van der Waals surface area (Å²) in [7, 11) is -4.45. The van der Waals surface area contributed by atoms with Crippen LogP contribution in [0, 0.1) is 0 Å². The quantitative estimate of drug-likeness (QED) is 0.283. The Hall–Kier alpha value is -0.414. The number of hydrogen-bond acceptors (Lipinski definition) is 4. The van der Waals surface area contributed by atoms with E-state index in [1.165, 1.54) is 57.4 Å². The molecule has 1 N–H and O–H groups in total. The van der Waals surface area contributed by atoms with E-state index in [9.17, 15) is 13.5 Å². The third-order valence-corrected chi connectivity index (χ3v) is 5.69. The van der Waals surface area contributed by atoms with Gasteiger partial charge in [0.05, 0.1) is 4.90 Å². The summed E-state index contributed by atoms with van der Waals surface area (Å²) in [6.07, 6.45) is 12.5. The molecule has 7 heteroatoms. The molecule has 0 saturated heterocycles. The molecular weight excluding hydrogens is 427 g/mol. The molecule has 160 valence electrons. The Bertz CT molecular complexity index is 868. The average Bonchev–Trinajstić information content (AvgIpc) is 2.66. The Morgan fingerprint density at radius 2 is 1.50 bits per heavy atom. The van der Waals surface area contributed by atoms with Crippen LogP contribution >= 0.6 is 0 Å². The van der Waals surface area contributed by atoms with E-state index in [0.717, 1.165) is 30.5 Å². The van der Waals surface area contributed by atoms with Gasteiger partial charge in [0.2, 0.25) is 0 Å². The molecule has 0 aliphatic rings. The van der Waals surface area contributed by atoms with Gasteiger partial charge in [0.15, 0.2) is 0 Å². The van der Waals surface area contributed by atoms with Gasteiger partial charge in [0.1, 0.15) is 11.5 Å². The number of ether oxygens (including phenoxy) is 1. The normalized spacial score (nSPS) is 11.1. The molecule has 0 spiro atoms. The van der Waals surface area contributed by atoms with E-state index < -0.39 is 20.8 Å². The fraction of sp³-hybridized carbons (Fsp3) is 0.478. The smallest absolute Gasteiger partial charge is 0.872 e. The maximum Gasteiger partial charge on any atom is 1.00 e. The molecule has 0 bridgehead atoms. The molecule has 0 aliphatic carbocycles. The van der Waals surface area contributed by atoms with Crippen LogP contribution < -0.4 is 61.2 Å². The van der Waals surface area contributed by atoms with E-state index in [0.29, 0.717) is 5.75 Å². The molecule has 0 amide bonds. The van der Waals surface area contributed by atoms with E-state index in [1.807, 2.05) is 18.2 Å². The second-order valence-corrected chi connectivity index (χ2v) is 8.86. The van der Waals surface area contributed by atoms with Crippen molar-refractivity contribution in [2.24, 2.45) is 0 Å². The van der Waals surface area contributed by atoms with Gasteiger partial charge in [-0.15, -0.1) is 5.75 Å². The predicted octanol–water partition coefficient (Wildman–Crippen LogP) is 2.88. The van der Waals surface area contributed by atoms with Gasteiger partial charge in [-0.2, -0.15) is 8.42 Å². The molecule has 0 heterocycles. The average molecular weight is 459 g/mol. The molecule has 2 rings (SSSR count). The Morgan fingerprint density at radius 1 is 0.867 bits per heavy atom. The number of aryl methyl sites for hydroxylation is 1. The molecular formula is C23H31KO5S. The van der Waals surface area contributed by atoms with Gasteiger partial charge in [-0.1, -0.05) is 70.4 Å². The van der Waals surface area contributed by atoms with E-state index in [1.54, 1.807) is 6.07 Å². The van der Waals surface area contributed by atoms with Gasteiger partial charge in [-0.05, 0) is 42.7 Å². The van der Waals surface area contributed by atoms with Gasteiger partial charge >= 0.3 is 51.4 Å². The molecule has 5 nitrogen and oxygen atoms in total. The molecule has 0 aliphatic heterocycles. The van der Waals surface area contributed by atoms with Crippen molar-refractivity contribution in [2.45, 2.75) is 76.0 Å². The standard InChI is InChI=1S/C23H32O5S.K/c1-2-3-4-5-6-7-8-9-10-12-19-13-11-14-21(15-19)28-22-16-20(24)17-23(18-22)29(25,26)27;/h11,13-18,24H,2-10,12H2,1H3,(H,25,26,27);/q;+1/p-1. The van der Waals surface area contributed by atoms with Crippen molar-refractivity contribution in [1.29, 1.82) is 0 Å². The molecule has 0 atom stereocenters. The summed E-state index contributed by atoms with van der Waals surface area (Å²) in [6.45, 7) is 2.23. The first-order valence-electron chi connectivity index (χ1n) is 10.4. The number of benzene rings is 2. The van der Waals surface area contributed by atoms with Crippen LogP contribution in [0.3, 0.4) is 0 Å². The second kappa shape index (κ2) is 14.6. The van der Waals surface area contributed by atoms with Crippen molar-refractivity contribution in [1.82, 2.24) is 0 Å². The van der Waals surface area contributed by atoms with Crippen LogP contribution in [-0.2, 0) is 16.5 Å². The molecule has 0 radical (unpaired) electrons. The Labute approximate surface area is 223 Å². The van der Waals surface area contributed by atoms with Crippen molar-refractivity contribution in [2.75, 3.05) is 0 Å². The van der Waals surface area contributed by atoms with Crippen molar-refractivity contribution in [3.05, 3.63) is 48.0 Å². The maximum atomic E-state index is 11.7. The number of unbranched alkanes of at least 4 members (excludes halogenated alkanes) is 8. The van der Waals surface area contributed by atoms with Crippen molar-refractivity contribution < 1.29 is 74.2 Å². The minimum atomic E-state index is -4.45. The first-order valence-corrected chi connectivity index (χ1v) is 11.9. The zero-order chi connectivity index (χ0) is 21.1. The van der Waals surface area contributed by atoms with Gasteiger partial charge < -0.3 is 9.84 Å². The summed E-state index contributed by atoms with van der Waals surface area (Å²) in [4.78, 5) is -0.467. The summed E-state index contributed by atoms with van der Waals surface area (Å²) >= 11 is 0. The minimum absolute atomic E-state index is 0. The zero-order valence-corrected chi connectivity index (χ0v) is 22.0. The Balaban J connectivity index is 0.00000450. The SMILES string of the molecule is CCCCCCCCCCCc1cccc(Oc2cc([O-])cc(S(=O)(=O)O)c2)c1.[K+].